The Balaban J connectivity index is 1.41. The van der Waals surface area contributed by atoms with E-state index in [1.165, 1.54) is 10.4 Å². The summed E-state index contributed by atoms with van der Waals surface area (Å²) in [5.41, 5.74) is 2.68. The number of aromatic nitrogens is 2. The number of methoxy groups -OCH3 is 2. The summed E-state index contributed by atoms with van der Waals surface area (Å²) >= 11 is 0. The number of ether oxygens (including phenoxy) is 4. The minimum Gasteiger partial charge on any atom is -0.493 e. The molecule has 4 aromatic rings. The summed E-state index contributed by atoms with van der Waals surface area (Å²) in [5, 5.41) is 9.09. The average Bonchev–Trinajstić information content (AvgIpc) is 3.12. The number of aliphatic carboxylic acids is 1. The van der Waals surface area contributed by atoms with E-state index in [4.69, 9.17) is 24.1 Å². The van der Waals surface area contributed by atoms with Gasteiger partial charge in [-0.25, -0.2) is 23.2 Å². The number of nitrogens with zero attached hydrogens (tertiary/aromatic N) is 3. The molecule has 3 aromatic carbocycles. The molecule has 2 heterocycles. The van der Waals surface area contributed by atoms with Gasteiger partial charge in [-0.05, 0) is 92.6 Å². The highest BCUT2D eigenvalue weighted by Gasteiger charge is 2.39. The number of piperidine rings is 1. The third-order valence-electron chi connectivity index (χ3n) is 8.23. The minimum atomic E-state index is -4.10. The van der Waals surface area contributed by atoms with Crippen LogP contribution in [0.1, 0.15) is 48.7 Å². The number of carbonyl (C=O) groups is 2. The summed E-state index contributed by atoms with van der Waals surface area (Å²) in [4.78, 5) is 33.7. The summed E-state index contributed by atoms with van der Waals surface area (Å²) in [6.07, 6.45) is 3.17. The van der Waals surface area contributed by atoms with Crippen molar-refractivity contribution in [2.24, 2.45) is 0 Å². The van der Waals surface area contributed by atoms with Crippen molar-refractivity contribution in [1.82, 2.24) is 14.3 Å². The Kier molecular flexibility index (Phi) is 11.5. The van der Waals surface area contributed by atoms with Crippen LogP contribution in [0.4, 0.5) is 0 Å². The average molecular weight is 690 g/mol. The first kappa shape index (κ1) is 35.3. The van der Waals surface area contributed by atoms with E-state index in [0.717, 1.165) is 5.56 Å². The lowest BCUT2D eigenvalue weighted by atomic mass is 10.00. The van der Waals surface area contributed by atoms with Crippen molar-refractivity contribution < 1.29 is 42.1 Å². The maximum atomic E-state index is 14.1. The van der Waals surface area contributed by atoms with E-state index < -0.39 is 40.7 Å². The van der Waals surface area contributed by atoms with Crippen LogP contribution in [0.2, 0.25) is 0 Å². The monoisotopic (exact) mass is 689 g/mol. The molecule has 1 N–H and O–H groups in total. The predicted molar refractivity (Wildman–Crippen MR) is 180 cm³/mol. The molecule has 1 aliphatic rings. The summed E-state index contributed by atoms with van der Waals surface area (Å²) in [6, 6.07) is 19.4. The van der Waals surface area contributed by atoms with Crippen LogP contribution in [0.5, 0.6) is 17.2 Å². The van der Waals surface area contributed by atoms with Crippen LogP contribution < -0.4 is 14.2 Å². The Hall–Kier alpha value is -5.01. The van der Waals surface area contributed by atoms with Crippen molar-refractivity contribution in [3.05, 3.63) is 95.9 Å². The van der Waals surface area contributed by atoms with E-state index >= 15 is 0 Å². The van der Waals surface area contributed by atoms with Crippen molar-refractivity contribution in [1.29, 1.82) is 0 Å². The van der Waals surface area contributed by atoms with Gasteiger partial charge in [-0.3, -0.25) is 4.79 Å². The number of carbonyl (C=O) groups excluding carboxylic acids is 1. The Morgan fingerprint density at radius 3 is 2.53 bits per heavy atom. The fourth-order valence-electron chi connectivity index (χ4n) is 5.79. The minimum absolute atomic E-state index is 0.0502. The molecule has 258 valence electrons. The van der Waals surface area contributed by atoms with Crippen LogP contribution in [0.25, 0.3) is 11.3 Å². The number of rotatable bonds is 14. The van der Waals surface area contributed by atoms with Crippen LogP contribution in [0.15, 0.2) is 83.9 Å². The molecule has 0 aliphatic carbocycles. The van der Waals surface area contributed by atoms with Gasteiger partial charge in [-0.15, -0.1) is 0 Å². The quantitative estimate of drug-likeness (QED) is 0.169. The molecule has 0 bridgehead atoms. The number of hydrogen-bond donors (Lipinski definition) is 1. The van der Waals surface area contributed by atoms with E-state index in [1.54, 1.807) is 81.9 Å². The number of aryl methyl sites for hydroxylation is 2. The van der Waals surface area contributed by atoms with Gasteiger partial charge in [-0.1, -0.05) is 30.3 Å². The van der Waals surface area contributed by atoms with Crippen LogP contribution in [0, 0.1) is 6.92 Å². The second kappa shape index (κ2) is 15.9. The highest BCUT2D eigenvalue weighted by molar-refractivity contribution is 7.89. The van der Waals surface area contributed by atoms with Crippen molar-refractivity contribution >= 4 is 22.0 Å². The summed E-state index contributed by atoms with van der Waals surface area (Å²) < 4.78 is 51.8. The fraction of sp³-hybridized carbons (Fsp3) is 0.333. The normalized spacial score (nSPS) is 15.6. The summed E-state index contributed by atoms with van der Waals surface area (Å²) in [6.45, 7) is 1.38. The number of hydrogen-bond acceptors (Lipinski definition) is 10. The lowest BCUT2D eigenvalue weighted by molar-refractivity contribution is -0.155. The molecule has 1 saturated heterocycles. The van der Waals surface area contributed by atoms with Gasteiger partial charge in [0.25, 0.3) is 0 Å². The molecule has 0 radical (unpaired) electrons. The summed E-state index contributed by atoms with van der Waals surface area (Å²) in [5.74, 6) is 0.198. The zero-order chi connectivity index (χ0) is 35.0. The second-order valence-electron chi connectivity index (χ2n) is 11.6. The Bertz CT molecular complexity index is 1900. The van der Waals surface area contributed by atoms with Crippen LogP contribution in [-0.2, 0) is 30.8 Å². The second-order valence-corrected chi connectivity index (χ2v) is 13.4. The van der Waals surface area contributed by atoms with Crippen LogP contribution in [-0.4, -0.2) is 73.1 Å². The van der Waals surface area contributed by atoms with Gasteiger partial charge in [0.15, 0.2) is 18.1 Å². The van der Waals surface area contributed by atoms with Crippen molar-refractivity contribution in [3.63, 3.8) is 0 Å². The standard InChI is InChI=1S/C36H39N3O9S/c1-24-37-18-17-30(38-24)26-8-7-11-29(22-26)49(43,44)39-19-5-4-12-31(39)36(42)48-32(27-9-6-10-28(21-27)47-23-35(40)41)15-13-25-14-16-33(45-2)34(20-25)46-3/h6-11,14,16-18,20-22,31-32H,4-5,12-13,15,19,23H2,1-3H3,(H,40,41)/t31?,32-/m1/s1. The molecule has 0 saturated carbocycles. The van der Waals surface area contributed by atoms with Crippen molar-refractivity contribution in [3.8, 4) is 28.5 Å². The number of carboxylic acids is 1. The van der Waals surface area contributed by atoms with Gasteiger partial charge in [0.2, 0.25) is 10.0 Å². The van der Waals surface area contributed by atoms with E-state index in [9.17, 15) is 18.0 Å². The van der Waals surface area contributed by atoms with E-state index in [0.29, 0.717) is 72.0 Å². The number of esters is 1. The zero-order valence-corrected chi connectivity index (χ0v) is 28.4. The first-order valence-electron chi connectivity index (χ1n) is 15.9. The molecule has 1 aliphatic heterocycles. The lowest BCUT2D eigenvalue weighted by Crippen LogP contribution is -2.48. The van der Waals surface area contributed by atoms with Crippen LogP contribution in [0.3, 0.4) is 0 Å². The van der Waals surface area contributed by atoms with Crippen molar-refractivity contribution in [2.45, 2.75) is 56.1 Å². The first-order valence-corrected chi connectivity index (χ1v) is 17.3. The van der Waals surface area contributed by atoms with E-state index in [-0.39, 0.29) is 11.4 Å². The molecule has 0 amide bonds. The van der Waals surface area contributed by atoms with Gasteiger partial charge in [0.05, 0.1) is 24.8 Å². The predicted octanol–water partition coefficient (Wildman–Crippen LogP) is 5.39. The van der Waals surface area contributed by atoms with Gasteiger partial charge in [0, 0.05) is 18.3 Å². The van der Waals surface area contributed by atoms with Gasteiger partial charge in [0.1, 0.15) is 23.7 Å². The van der Waals surface area contributed by atoms with Crippen molar-refractivity contribution in [2.75, 3.05) is 27.4 Å². The molecular formula is C36H39N3O9S. The van der Waals surface area contributed by atoms with Gasteiger partial charge < -0.3 is 24.1 Å². The Labute approximate surface area is 285 Å². The molecule has 13 heteroatoms. The topological polar surface area (TPSA) is 154 Å². The van der Waals surface area contributed by atoms with Gasteiger partial charge in [-0.2, -0.15) is 4.31 Å². The maximum absolute atomic E-state index is 14.1. The summed E-state index contributed by atoms with van der Waals surface area (Å²) in [7, 11) is -1.00. The third kappa shape index (κ3) is 8.72. The molecule has 1 unspecified atom stereocenters. The van der Waals surface area contributed by atoms with Crippen LogP contribution >= 0.6 is 0 Å². The third-order valence-corrected chi connectivity index (χ3v) is 10.1. The Morgan fingerprint density at radius 1 is 0.980 bits per heavy atom. The molecular weight excluding hydrogens is 650 g/mol. The molecule has 12 nitrogen and oxygen atoms in total. The fourth-order valence-corrected chi connectivity index (χ4v) is 7.49. The lowest BCUT2D eigenvalue weighted by Gasteiger charge is -2.34. The number of sulfonamides is 1. The SMILES string of the molecule is COc1ccc(CC[C@@H](OC(=O)C2CCCCN2S(=O)(=O)c2cccc(-c3ccnc(C)n3)c2)c2cccc(OCC(=O)O)c2)cc1OC. The highest BCUT2D eigenvalue weighted by Crippen LogP contribution is 2.33. The largest absolute Gasteiger partial charge is 0.493 e. The molecule has 1 aromatic heterocycles. The molecule has 5 rings (SSSR count). The van der Waals surface area contributed by atoms with E-state index in [2.05, 4.69) is 9.97 Å². The first-order chi connectivity index (χ1) is 23.6. The van der Waals surface area contributed by atoms with Gasteiger partial charge >= 0.3 is 11.9 Å². The Morgan fingerprint density at radius 2 is 1.78 bits per heavy atom. The highest BCUT2D eigenvalue weighted by atomic mass is 32.2. The van der Waals surface area contributed by atoms with E-state index in [1.807, 2.05) is 12.1 Å². The smallest absolute Gasteiger partial charge is 0.341 e. The molecule has 1 fully saturated rings. The molecule has 2 atom stereocenters. The zero-order valence-electron chi connectivity index (χ0n) is 27.6. The molecule has 49 heavy (non-hydrogen) atoms. The molecule has 0 spiro atoms. The number of benzene rings is 3. The maximum Gasteiger partial charge on any atom is 0.341 e. The number of carboxylic acid groups (broad SMARTS) is 1.